The molecule has 0 saturated carbocycles. The van der Waals surface area contributed by atoms with E-state index in [0.717, 1.165) is 10.6 Å². The molecular weight excluding hydrogens is 365 g/mol. The summed E-state index contributed by atoms with van der Waals surface area (Å²) in [6, 6.07) is 16.2. The molecule has 1 fully saturated rings. The maximum absolute atomic E-state index is 11.7. The Hall–Kier alpha value is -2.08. The summed E-state index contributed by atoms with van der Waals surface area (Å²) >= 11 is 11.3. The molecule has 0 aliphatic carbocycles. The van der Waals surface area contributed by atoms with Gasteiger partial charge in [0.2, 0.25) is 5.91 Å². The molecule has 0 radical (unpaired) electrons. The van der Waals surface area contributed by atoms with Gasteiger partial charge in [-0.1, -0.05) is 53.5 Å². The van der Waals surface area contributed by atoms with Gasteiger partial charge in [-0.15, -0.1) is 0 Å². The molecule has 2 aromatic carbocycles. The van der Waals surface area contributed by atoms with Gasteiger partial charge >= 0.3 is 5.97 Å². The average Bonchev–Trinajstić information content (AvgIpc) is 2.58. The van der Waals surface area contributed by atoms with Crippen molar-refractivity contribution < 1.29 is 19.4 Å². The third-order valence-electron chi connectivity index (χ3n) is 3.44. The number of hydrogen-bond acceptors (Lipinski definition) is 3. The van der Waals surface area contributed by atoms with Gasteiger partial charge in [0.25, 0.3) is 0 Å². The summed E-state index contributed by atoms with van der Waals surface area (Å²) in [5, 5.41) is 12.8. The Bertz CT molecular complexity index is 707. The number of carboxylic acid groups (broad SMARTS) is 1. The van der Waals surface area contributed by atoms with Gasteiger partial charge in [0.1, 0.15) is 6.10 Å². The molecule has 0 aromatic heterocycles. The van der Waals surface area contributed by atoms with Crippen molar-refractivity contribution in [3.05, 3.63) is 70.2 Å². The van der Waals surface area contributed by atoms with Gasteiger partial charge in [-0.2, -0.15) is 0 Å². The van der Waals surface area contributed by atoms with E-state index in [4.69, 9.17) is 33.0 Å². The Kier molecular flexibility index (Phi) is 7.25. The van der Waals surface area contributed by atoms with Gasteiger partial charge in [0.05, 0.1) is 19.1 Å². The highest BCUT2D eigenvalue weighted by Crippen LogP contribution is 2.21. The second-order valence-electron chi connectivity index (χ2n) is 5.33. The molecule has 1 saturated heterocycles. The van der Waals surface area contributed by atoms with Crippen molar-refractivity contribution in [1.82, 2.24) is 5.32 Å². The Labute approximate surface area is 155 Å². The number of carbonyl (C=O) groups excluding carboxylic acids is 1. The first-order valence-electron chi connectivity index (χ1n) is 7.55. The quantitative estimate of drug-likeness (QED) is 0.849. The molecule has 3 rings (SSSR count). The molecule has 0 spiro atoms. The number of morpholine rings is 1. The zero-order valence-corrected chi connectivity index (χ0v) is 14.7. The van der Waals surface area contributed by atoms with Gasteiger partial charge in [-0.3, -0.25) is 9.59 Å². The van der Waals surface area contributed by atoms with Crippen molar-refractivity contribution in [1.29, 1.82) is 0 Å². The largest absolute Gasteiger partial charge is 0.481 e. The van der Waals surface area contributed by atoms with Crippen LogP contribution in [0.3, 0.4) is 0 Å². The molecule has 5 nitrogen and oxygen atoms in total. The van der Waals surface area contributed by atoms with Crippen molar-refractivity contribution in [3.63, 3.8) is 0 Å². The standard InChI is InChI=1S/C12H12ClNO4.C6H5Cl/c13-8-3-1-7(2-4-8)9-6-18-10(5-11(15)16)12(17)14-9;7-6-4-2-1-3-5-6/h1-4,9-10H,5-6H2,(H,14,17)(H,15,16);1-5H. The highest BCUT2D eigenvalue weighted by molar-refractivity contribution is 6.30. The lowest BCUT2D eigenvalue weighted by Crippen LogP contribution is -2.47. The van der Waals surface area contributed by atoms with Crippen LogP contribution in [0.15, 0.2) is 54.6 Å². The Morgan fingerprint density at radius 2 is 1.68 bits per heavy atom. The summed E-state index contributed by atoms with van der Waals surface area (Å²) in [5.74, 6) is -1.45. The van der Waals surface area contributed by atoms with Crippen LogP contribution in [0.2, 0.25) is 10.0 Å². The normalized spacial score (nSPS) is 19.4. The molecule has 1 amide bonds. The summed E-state index contributed by atoms with van der Waals surface area (Å²) in [5.41, 5.74) is 0.876. The SMILES string of the molecule is Clc1ccccc1.O=C(O)CC1OCC(c2ccc(Cl)cc2)NC1=O. The highest BCUT2D eigenvalue weighted by atomic mass is 35.5. The first-order chi connectivity index (χ1) is 12.0. The summed E-state index contributed by atoms with van der Waals surface area (Å²) in [4.78, 5) is 22.2. The van der Waals surface area contributed by atoms with Crippen LogP contribution in [0.25, 0.3) is 0 Å². The maximum Gasteiger partial charge on any atom is 0.306 e. The third-order valence-corrected chi connectivity index (χ3v) is 3.94. The summed E-state index contributed by atoms with van der Waals surface area (Å²) in [6.07, 6.45) is -1.23. The highest BCUT2D eigenvalue weighted by Gasteiger charge is 2.30. The molecule has 25 heavy (non-hydrogen) atoms. The van der Waals surface area contributed by atoms with E-state index in [-0.39, 0.29) is 19.1 Å². The molecule has 0 bridgehead atoms. The first kappa shape index (κ1) is 19.2. The first-order valence-corrected chi connectivity index (χ1v) is 8.31. The van der Waals surface area contributed by atoms with Crippen LogP contribution in [-0.2, 0) is 14.3 Å². The maximum atomic E-state index is 11.7. The number of benzene rings is 2. The lowest BCUT2D eigenvalue weighted by atomic mass is 10.1. The predicted octanol–water partition coefficient (Wildman–Crippen LogP) is 3.71. The molecule has 7 heteroatoms. The molecule has 2 atom stereocenters. The van der Waals surface area contributed by atoms with Crippen LogP contribution in [-0.4, -0.2) is 29.7 Å². The summed E-state index contributed by atoms with van der Waals surface area (Å²) in [7, 11) is 0. The minimum Gasteiger partial charge on any atom is -0.481 e. The molecule has 2 N–H and O–H groups in total. The topological polar surface area (TPSA) is 75.6 Å². The molecule has 1 aliphatic rings. The number of carbonyl (C=O) groups is 2. The third kappa shape index (κ3) is 6.38. The molecule has 1 aliphatic heterocycles. The second-order valence-corrected chi connectivity index (χ2v) is 6.20. The number of rotatable bonds is 3. The van der Waals surface area contributed by atoms with Crippen LogP contribution >= 0.6 is 23.2 Å². The number of halogens is 2. The fourth-order valence-corrected chi connectivity index (χ4v) is 2.47. The molecule has 2 unspecified atom stereocenters. The number of carboxylic acids is 1. The number of amides is 1. The minimum atomic E-state index is -1.06. The van der Waals surface area contributed by atoms with E-state index in [9.17, 15) is 9.59 Å². The predicted molar refractivity (Wildman–Crippen MR) is 95.8 cm³/mol. The Morgan fingerprint density at radius 1 is 1.08 bits per heavy atom. The lowest BCUT2D eigenvalue weighted by molar-refractivity contribution is -0.151. The zero-order chi connectivity index (χ0) is 18.2. The zero-order valence-electron chi connectivity index (χ0n) is 13.2. The van der Waals surface area contributed by atoms with Gasteiger partial charge in [0, 0.05) is 10.0 Å². The van der Waals surface area contributed by atoms with Crippen molar-refractivity contribution in [3.8, 4) is 0 Å². The fraction of sp³-hybridized carbons (Fsp3) is 0.222. The summed E-state index contributed by atoms with van der Waals surface area (Å²) < 4.78 is 5.27. The van der Waals surface area contributed by atoms with Gasteiger partial charge < -0.3 is 15.2 Å². The average molecular weight is 382 g/mol. The van der Waals surface area contributed by atoms with E-state index in [1.807, 2.05) is 30.3 Å². The molecule has 2 aromatic rings. The van der Waals surface area contributed by atoms with Crippen LogP contribution in [0.4, 0.5) is 0 Å². The van der Waals surface area contributed by atoms with Crippen LogP contribution < -0.4 is 5.32 Å². The van der Waals surface area contributed by atoms with E-state index in [2.05, 4.69) is 5.32 Å². The monoisotopic (exact) mass is 381 g/mol. The Balaban J connectivity index is 0.000000269. The lowest BCUT2D eigenvalue weighted by Gasteiger charge is -2.29. The molecule has 1 heterocycles. The van der Waals surface area contributed by atoms with E-state index in [1.165, 1.54) is 0 Å². The van der Waals surface area contributed by atoms with Crippen LogP contribution in [0, 0.1) is 0 Å². The number of nitrogens with one attached hydrogen (secondary N) is 1. The van der Waals surface area contributed by atoms with Crippen LogP contribution in [0.5, 0.6) is 0 Å². The van der Waals surface area contributed by atoms with Crippen molar-refractivity contribution >= 4 is 35.1 Å². The Morgan fingerprint density at radius 3 is 2.16 bits per heavy atom. The fourth-order valence-electron chi connectivity index (χ4n) is 2.19. The van der Waals surface area contributed by atoms with Crippen molar-refractivity contribution in [2.45, 2.75) is 18.6 Å². The van der Waals surface area contributed by atoms with Gasteiger partial charge in [-0.25, -0.2) is 0 Å². The molecular formula is C18H17Cl2NO4. The molecule has 132 valence electrons. The van der Waals surface area contributed by atoms with E-state index in [1.54, 1.807) is 24.3 Å². The van der Waals surface area contributed by atoms with Crippen molar-refractivity contribution in [2.24, 2.45) is 0 Å². The number of aliphatic carboxylic acids is 1. The van der Waals surface area contributed by atoms with Crippen molar-refractivity contribution in [2.75, 3.05) is 6.61 Å². The minimum absolute atomic E-state index is 0.255. The second kappa shape index (κ2) is 9.42. The van der Waals surface area contributed by atoms with Gasteiger partial charge in [-0.05, 0) is 29.8 Å². The smallest absolute Gasteiger partial charge is 0.306 e. The number of hydrogen-bond donors (Lipinski definition) is 2. The van der Waals surface area contributed by atoms with Crippen LogP contribution in [0.1, 0.15) is 18.0 Å². The van der Waals surface area contributed by atoms with E-state index < -0.39 is 18.0 Å². The van der Waals surface area contributed by atoms with E-state index in [0.29, 0.717) is 5.02 Å². The number of ether oxygens (including phenoxy) is 1. The van der Waals surface area contributed by atoms with Gasteiger partial charge in [0.15, 0.2) is 0 Å². The summed E-state index contributed by atoms with van der Waals surface area (Å²) in [6.45, 7) is 0.255. The van der Waals surface area contributed by atoms with E-state index >= 15 is 0 Å².